The summed E-state index contributed by atoms with van der Waals surface area (Å²) in [5.41, 5.74) is 4.49. The van der Waals surface area contributed by atoms with Gasteiger partial charge in [0.1, 0.15) is 0 Å². The number of nitrogens with zero attached hydrogens (tertiary/aromatic N) is 2. The van der Waals surface area contributed by atoms with Crippen LogP contribution < -0.4 is 10.3 Å². The summed E-state index contributed by atoms with van der Waals surface area (Å²) >= 11 is 1.67. The van der Waals surface area contributed by atoms with Crippen LogP contribution in [0.4, 0.5) is 5.69 Å². The number of anilines is 1. The first-order chi connectivity index (χ1) is 11.9. The van der Waals surface area contributed by atoms with Crippen molar-refractivity contribution >= 4 is 27.2 Å². The zero-order chi connectivity index (χ0) is 17.6. The summed E-state index contributed by atoms with van der Waals surface area (Å²) in [6.45, 7) is 8.91. The summed E-state index contributed by atoms with van der Waals surface area (Å²) in [6.07, 6.45) is 3.09. The lowest BCUT2D eigenvalue weighted by atomic mass is 9.88. The number of benzene rings is 2. The first-order valence-corrected chi connectivity index (χ1v) is 9.83. The fraction of sp³-hybridized carbons (Fsp3) is 0.429. The number of fused-ring (bicyclic) bond motifs is 2. The summed E-state index contributed by atoms with van der Waals surface area (Å²) in [7, 11) is 0. The highest BCUT2D eigenvalue weighted by Crippen LogP contribution is 2.33. The molecule has 0 aromatic heterocycles. The van der Waals surface area contributed by atoms with Crippen molar-refractivity contribution in [2.45, 2.75) is 40.0 Å². The largest absolute Gasteiger partial charge is 0.371 e. The molecule has 0 unspecified atom stereocenters. The minimum atomic E-state index is 0.146. The van der Waals surface area contributed by atoms with E-state index in [1.165, 1.54) is 12.1 Å². The molecular weight excluding hydrogens is 328 g/mol. The van der Waals surface area contributed by atoms with Crippen molar-refractivity contribution in [3.63, 3.8) is 0 Å². The van der Waals surface area contributed by atoms with Crippen LogP contribution in [-0.2, 0) is 6.42 Å². The molecule has 3 nitrogen and oxygen atoms in total. The molecule has 0 atom stereocenters. The van der Waals surface area contributed by atoms with E-state index in [1.54, 1.807) is 17.4 Å². The van der Waals surface area contributed by atoms with Gasteiger partial charge in [0.05, 0.1) is 20.8 Å². The molecule has 0 N–H and O–H groups in total. The van der Waals surface area contributed by atoms with E-state index in [4.69, 9.17) is 4.98 Å². The van der Waals surface area contributed by atoms with Crippen molar-refractivity contribution in [3.8, 4) is 10.6 Å². The topological polar surface area (TPSA) is 33.2 Å². The van der Waals surface area contributed by atoms with Gasteiger partial charge >= 0.3 is 0 Å². The second-order valence-electron chi connectivity index (χ2n) is 8.19. The molecule has 2 heterocycles. The summed E-state index contributed by atoms with van der Waals surface area (Å²) in [5.74, 6) is 0. The molecule has 0 saturated carbocycles. The second-order valence-corrected chi connectivity index (χ2v) is 9.28. The quantitative estimate of drug-likeness (QED) is 0.625. The van der Waals surface area contributed by atoms with E-state index in [9.17, 15) is 4.79 Å². The molecule has 1 saturated heterocycles. The van der Waals surface area contributed by atoms with E-state index < -0.39 is 0 Å². The maximum atomic E-state index is 12.5. The van der Waals surface area contributed by atoms with Gasteiger partial charge in [0.25, 0.3) is 0 Å². The number of hydrogen-bond donors (Lipinski definition) is 0. The van der Waals surface area contributed by atoms with Crippen LogP contribution in [0, 0.1) is 5.41 Å². The van der Waals surface area contributed by atoms with Gasteiger partial charge in [-0.3, -0.25) is 4.79 Å². The van der Waals surface area contributed by atoms with Crippen LogP contribution >= 0.6 is 11.3 Å². The van der Waals surface area contributed by atoms with Gasteiger partial charge in [0.15, 0.2) is 5.43 Å². The molecule has 1 fully saturated rings. The third-order valence-corrected chi connectivity index (χ3v) is 6.01. The Hall–Kier alpha value is -1.94. The van der Waals surface area contributed by atoms with Crippen LogP contribution in [0.15, 0.2) is 35.1 Å². The Kier molecular flexibility index (Phi) is 4.03. The maximum absolute atomic E-state index is 12.5. The monoisotopic (exact) mass is 352 g/mol. The highest BCUT2D eigenvalue weighted by atomic mass is 32.1. The number of rotatable bonds is 3. The van der Waals surface area contributed by atoms with Gasteiger partial charge in [-0.2, -0.15) is 0 Å². The van der Waals surface area contributed by atoms with Gasteiger partial charge in [-0.15, -0.1) is 11.3 Å². The first kappa shape index (κ1) is 16.5. The molecule has 4 rings (SSSR count). The lowest BCUT2D eigenvalue weighted by Crippen LogP contribution is -2.36. The predicted molar refractivity (Wildman–Crippen MR) is 107 cm³/mol. The zero-order valence-corrected chi connectivity index (χ0v) is 15.9. The van der Waals surface area contributed by atoms with Crippen LogP contribution in [0.25, 0.3) is 20.8 Å². The van der Waals surface area contributed by atoms with Crippen LogP contribution in [0.5, 0.6) is 0 Å². The van der Waals surface area contributed by atoms with Crippen LogP contribution in [0.1, 0.15) is 39.2 Å². The summed E-state index contributed by atoms with van der Waals surface area (Å²) in [4.78, 5) is 20.7. The number of aromatic nitrogens is 1. The second kappa shape index (κ2) is 6.10. The molecule has 1 aromatic carbocycles. The van der Waals surface area contributed by atoms with Gasteiger partial charge in [-0.05, 0) is 48.9 Å². The van der Waals surface area contributed by atoms with Crippen LogP contribution in [0.3, 0.4) is 0 Å². The minimum Gasteiger partial charge on any atom is -0.371 e. The molecule has 0 spiro atoms. The fourth-order valence-corrected chi connectivity index (χ4v) is 4.17. The molecule has 1 aliphatic carbocycles. The smallest absolute Gasteiger partial charge is 0.183 e. The molecule has 0 radical (unpaired) electrons. The molecule has 0 bridgehead atoms. The standard InChI is InChI=1S/C21H24N2OS/c1-21(2,3)8-7-14-11-17-20(13-18(14)24)25-19-12-15(23-9-4-10-23)5-6-16(19)22-17/h5-6,11-13H,4,7-10H2,1-3H3. The highest BCUT2D eigenvalue weighted by molar-refractivity contribution is 7.21. The van der Waals surface area contributed by atoms with E-state index in [1.807, 2.05) is 6.07 Å². The maximum Gasteiger partial charge on any atom is 0.183 e. The Morgan fingerprint density at radius 3 is 2.64 bits per heavy atom. The summed E-state index contributed by atoms with van der Waals surface area (Å²) in [5, 5.41) is 0. The highest BCUT2D eigenvalue weighted by Gasteiger charge is 2.17. The van der Waals surface area contributed by atoms with E-state index >= 15 is 0 Å². The molecule has 3 aliphatic rings. The lowest BCUT2D eigenvalue weighted by molar-refractivity contribution is 0.378. The molecule has 1 aromatic rings. The third kappa shape index (κ3) is 3.40. The predicted octanol–water partition coefficient (Wildman–Crippen LogP) is 4.95. The summed E-state index contributed by atoms with van der Waals surface area (Å²) in [6, 6.07) is 10.3. The van der Waals surface area contributed by atoms with Crippen molar-refractivity contribution in [1.82, 2.24) is 4.98 Å². The molecule has 130 valence electrons. The summed E-state index contributed by atoms with van der Waals surface area (Å²) < 4.78 is 1.15. The zero-order valence-electron chi connectivity index (χ0n) is 15.1. The Morgan fingerprint density at radius 2 is 1.96 bits per heavy atom. The SMILES string of the molecule is CC(C)(C)CCc1cc2nc3ccc(N4CCC4)cc3sc-2cc1=O. The third-order valence-electron chi connectivity index (χ3n) is 4.91. The molecule has 25 heavy (non-hydrogen) atoms. The van der Waals surface area contributed by atoms with Gasteiger partial charge in [0.2, 0.25) is 0 Å². The lowest BCUT2D eigenvalue weighted by Gasteiger charge is -2.33. The Morgan fingerprint density at radius 1 is 1.16 bits per heavy atom. The van der Waals surface area contributed by atoms with E-state index in [2.05, 4.69) is 43.9 Å². The van der Waals surface area contributed by atoms with Gasteiger partial charge in [-0.1, -0.05) is 20.8 Å². The number of hydrogen-bond acceptors (Lipinski definition) is 4. The molecule has 4 heteroatoms. The van der Waals surface area contributed by atoms with Crippen LogP contribution in [-0.4, -0.2) is 18.1 Å². The molecular formula is C21H24N2OS. The van der Waals surface area contributed by atoms with Gasteiger partial charge in [-0.25, -0.2) is 4.98 Å². The van der Waals surface area contributed by atoms with E-state index in [0.29, 0.717) is 0 Å². The number of aryl methyl sites for hydroxylation is 1. The Bertz CT molecular complexity index is 950. The Balaban J connectivity index is 1.74. The van der Waals surface area contributed by atoms with Crippen molar-refractivity contribution in [2.24, 2.45) is 5.41 Å². The Labute approximate surface area is 152 Å². The van der Waals surface area contributed by atoms with Crippen LogP contribution in [0.2, 0.25) is 0 Å². The minimum absolute atomic E-state index is 0.146. The molecule has 2 aliphatic heterocycles. The first-order valence-electron chi connectivity index (χ1n) is 9.02. The van der Waals surface area contributed by atoms with Crippen molar-refractivity contribution in [3.05, 3.63) is 46.1 Å². The average Bonchev–Trinajstić information content (AvgIpc) is 2.48. The average molecular weight is 353 g/mol. The van der Waals surface area contributed by atoms with E-state index in [0.717, 1.165) is 52.3 Å². The van der Waals surface area contributed by atoms with Crippen molar-refractivity contribution < 1.29 is 0 Å². The van der Waals surface area contributed by atoms with Crippen molar-refractivity contribution in [1.29, 1.82) is 0 Å². The normalized spacial score (nSPS) is 14.9. The van der Waals surface area contributed by atoms with E-state index in [-0.39, 0.29) is 10.8 Å². The molecule has 0 amide bonds. The van der Waals surface area contributed by atoms with Gasteiger partial charge < -0.3 is 4.90 Å². The van der Waals surface area contributed by atoms with Gasteiger partial charge in [0, 0.05) is 30.4 Å². The fourth-order valence-electron chi connectivity index (χ4n) is 3.16. The van der Waals surface area contributed by atoms with Crippen molar-refractivity contribution in [2.75, 3.05) is 18.0 Å².